The molecule has 2 atom stereocenters. The molecule has 0 fully saturated rings. The van der Waals surface area contributed by atoms with Crippen LogP contribution >= 0.6 is 0 Å². The van der Waals surface area contributed by atoms with Crippen molar-refractivity contribution < 1.29 is 9.59 Å². The Balaban J connectivity index is 0.000000266. The van der Waals surface area contributed by atoms with E-state index in [4.69, 9.17) is 5.73 Å². The van der Waals surface area contributed by atoms with Crippen LogP contribution in [0, 0.1) is 5.92 Å². The number of H-pyrrole nitrogens is 1. The molecule has 3 rings (SSSR count). The van der Waals surface area contributed by atoms with Crippen LogP contribution in [0.1, 0.15) is 44.7 Å². The van der Waals surface area contributed by atoms with Crippen LogP contribution in [0.4, 0.5) is 0 Å². The number of hydrogen-bond donors (Lipinski definition) is 2. The van der Waals surface area contributed by atoms with Gasteiger partial charge in [-0.1, -0.05) is 56.7 Å². The number of aromatic amines is 1. The highest BCUT2D eigenvalue weighted by molar-refractivity contribution is 5.90. The summed E-state index contributed by atoms with van der Waals surface area (Å²) >= 11 is 0. The number of aromatic nitrogens is 1. The van der Waals surface area contributed by atoms with Gasteiger partial charge in [0.1, 0.15) is 12.1 Å². The van der Waals surface area contributed by atoms with Gasteiger partial charge in [0, 0.05) is 23.5 Å². The third kappa shape index (κ3) is 5.64. The van der Waals surface area contributed by atoms with Gasteiger partial charge in [0.15, 0.2) is 0 Å². The summed E-state index contributed by atoms with van der Waals surface area (Å²) in [4.78, 5) is 24.5. The number of ketones is 1. The van der Waals surface area contributed by atoms with E-state index in [0.717, 1.165) is 35.6 Å². The Hall–Kier alpha value is -2.72. The number of fused-ring (bicyclic) bond motifs is 1. The van der Waals surface area contributed by atoms with Gasteiger partial charge in [0.05, 0.1) is 6.04 Å². The summed E-state index contributed by atoms with van der Waals surface area (Å²) in [6.45, 7) is 5.57. The maximum Gasteiger partial charge on any atom is 0.146 e. The molecule has 0 saturated heterocycles. The molecule has 0 bridgehead atoms. The van der Waals surface area contributed by atoms with Gasteiger partial charge in [0.25, 0.3) is 0 Å². The Morgan fingerprint density at radius 1 is 1.32 bits per heavy atom. The fourth-order valence-corrected chi connectivity index (χ4v) is 3.04. The maximum absolute atomic E-state index is 10.7. The topological polar surface area (TPSA) is 76.0 Å². The maximum atomic E-state index is 10.7. The highest BCUT2D eigenvalue weighted by Gasteiger charge is 2.14. The van der Waals surface area contributed by atoms with Gasteiger partial charge in [-0.05, 0) is 48.1 Å². The lowest BCUT2D eigenvalue weighted by Gasteiger charge is -2.13. The molecule has 28 heavy (non-hydrogen) atoms. The van der Waals surface area contributed by atoms with Crippen LogP contribution in [0.5, 0.6) is 0 Å². The molecule has 0 aliphatic heterocycles. The normalized spacial score (nSPS) is 15.2. The SMILES string of the molecule is CC[C@H](C)C(N)C(C)=O.O=CCc1c[nH]c2ccc(C3=CC=CCC=C3)cc12. The molecule has 2 aromatic rings. The van der Waals surface area contributed by atoms with Gasteiger partial charge in [-0.25, -0.2) is 0 Å². The molecule has 3 N–H and O–H groups in total. The first-order valence-electron chi connectivity index (χ1n) is 9.81. The number of hydrogen-bond acceptors (Lipinski definition) is 3. The lowest BCUT2D eigenvalue weighted by atomic mass is 9.97. The van der Waals surface area contributed by atoms with Crippen LogP contribution in [-0.4, -0.2) is 23.1 Å². The van der Waals surface area contributed by atoms with Gasteiger partial charge in [-0.15, -0.1) is 0 Å². The number of allylic oxidation sites excluding steroid dienone is 6. The van der Waals surface area contributed by atoms with Gasteiger partial charge < -0.3 is 15.5 Å². The second-order valence-electron chi connectivity index (χ2n) is 7.16. The average Bonchev–Trinajstić information content (AvgIpc) is 2.92. The van der Waals surface area contributed by atoms with E-state index in [1.165, 1.54) is 18.1 Å². The largest absolute Gasteiger partial charge is 0.361 e. The van der Waals surface area contributed by atoms with E-state index in [1.807, 2.05) is 20.0 Å². The fraction of sp³-hybridized carbons (Fsp3) is 0.333. The first kappa shape index (κ1) is 21.6. The molecular formula is C24H30N2O2. The molecule has 1 aliphatic carbocycles. The summed E-state index contributed by atoms with van der Waals surface area (Å²) in [5, 5.41) is 1.13. The number of carbonyl (C=O) groups is 2. The quantitative estimate of drug-likeness (QED) is 0.712. The van der Waals surface area contributed by atoms with Gasteiger partial charge in [-0.2, -0.15) is 0 Å². The van der Waals surface area contributed by atoms with Crippen LogP contribution in [0.15, 0.2) is 54.8 Å². The number of Topliss-reactive ketones (excluding diaryl/α,β-unsaturated/α-hetero) is 1. The van der Waals surface area contributed by atoms with Crippen LogP contribution in [0.25, 0.3) is 16.5 Å². The summed E-state index contributed by atoms with van der Waals surface area (Å²) < 4.78 is 0. The minimum atomic E-state index is -0.255. The lowest BCUT2D eigenvalue weighted by Crippen LogP contribution is -2.34. The second kappa shape index (κ2) is 10.6. The summed E-state index contributed by atoms with van der Waals surface area (Å²) in [5.74, 6) is 0.409. The van der Waals surface area contributed by atoms with Crippen molar-refractivity contribution in [3.8, 4) is 0 Å². The summed E-state index contributed by atoms with van der Waals surface area (Å²) in [6, 6.07) is 6.08. The predicted octanol–water partition coefficient (Wildman–Crippen LogP) is 4.76. The number of carbonyl (C=O) groups excluding carboxylic acids is 2. The zero-order valence-electron chi connectivity index (χ0n) is 16.9. The molecule has 0 amide bonds. The molecule has 1 aromatic heterocycles. The van der Waals surface area contributed by atoms with Crippen molar-refractivity contribution in [1.82, 2.24) is 4.98 Å². The number of benzene rings is 1. The van der Waals surface area contributed by atoms with E-state index in [1.54, 1.807) is 0 Å². The van der Waals surface area contributed by atoms with E-state index in [9.17, 15) is 9.59 Å². The fourth-order valence-electron chi connectivity index (χ4n) is 3.04. The minimum absolute atomic E-state index is 0.0874. The molecule has 4 heteroatoms. The zero-order chi connectivity index (χ0) is 20.5. The molecule has 0 radical (unpaired) electrons. The number of nitrogens with two attached hydrogens (primary N) is 1. The third-order valence-corrected chi connectivity index (χ3v) is 5.11. The Labute approximate surface area is 167 Å². The lowest BCUT2D eigenvalue weighted by molar-refractivity contribution is -0.119. The standard InChI is InChI=1S/C17H15NO.C7H15NO/c19-10-9-15-12-18-17-8-7-14(11-16(15)17)13-5-3-1-2-4-6-13;1-4-5(2)7(8)6(3)9/h1,3-8,10-12,18H,2,9H2;5,7H,4,8H2,1-3H3/t;5-,7?/m.0/s1. The van der Waals surface area contributed by atoms with Crippen molar-refractivity contribution in [1.29, 1.82) is 0 Å². The Kier molecular flexibility index (Phi) is 8.15. The Morgan fingerprint density at radius 2 is 2.11 bits per heavy atom. The van der Waals surface area contributed by atoms with E-state index in [0.29, 0.717) is 12.3 Å². The molecule has 1 unspecified atom stereocenters. The smallest absolute Gasteiger partial charge is 0.146 e. The first-order valence-corrected chi connectivity index (χ1v) is 9.81. The van der Waals surface area contributed by atoms with Crippen molar-refractivity contribution in [2.45, 2.75) is 46.1 Å². The molecule has 0 saturated carbocycles. The van der Waals surface area contributed by atoms with E-state index in [2.05, 4.69) is 53.6 Å². The number of rotatable bonds is 6. The first-order chi connectivity index (χ1) is 13.5. The zero-order valence-corrected chi connectivity index (χ0v) is 16.9. The molecule has 148 valence electrons. The van der Waals surface area contributed by atoms with Crippen LogP contribution in [0.3, 0.4) is 0 Å². The van der Waals surface area contributed by atoms with E-state index < -0.39 is 0 Å². The van der Waals surface area contributed by atoms with Crippen molar-refractivity contribution in [3.05, 3.63) is 65.9 Å². The molecule has 4 nitrogen and oxygen atoms in total. The Bertz CT molecular complexity index is 902. The Morgan fingerprint density at radius 3 is 2.75 bits per heavy atom. The van der Waals surface area contributed by atoms with Crippen molar-refractivity contribution in [2.75, 3.05) is 0 Å². The summed E-state index contributed by atoms with van der Waals surface area (Å²) in [5.41, 5.74) is 10.0. The molecule has 0 spiro atoms. The summed E-state index contributed by atoms with van der Waals surface area (Å²) in [7, 11) is 0. The number of aldehydes is 1. The van der Waals surface area contributed by atoms with Crippen molar-refractivity contribution >= 4 is 28.5 Å². The molecule has 1 aliphatic rings. The van der Waals surface area contributed by atoms with Gasteiger partial charge in [0.2, 0.25) is 0 Å². The van der Waals surface area contributed by atoms with E-state index >= 15 is 0 Å². The van der Waals surface area contributed by atoms with Gasteiger partial charge >= 0.3 is 0 Å². The molecular weight excluding hydrogens is 348 g/mol. The minimum Gasteiger partial charge on any atom is -0.361 e. The van der Waals surface area contributed by atoms with E-state index in [-0.39, 0.29) is 11.8 Å². The predicted molar refractivity (Wildman–Crippen MR) is 117 cm³/mol. The highest BCUT2D eigenvalue weighted by atomic mass is 16.1. The summed E-state index contributed by atoms with van der Waals surface area (Å²) in [6.07, 6.45) is 15.9. The van der Waals surface area contributed by atoms with Crippen LogP contribution in [0.2, 0.25) is 0 Å². The number of nitrogens with one attached hydrogen (secondary N) is 1. The molecule has 1 aromatic carbocycles. The average molecular weight is 379 g/mol. The third-order valence-electron chi connectivity index (χ3n) is 5.11. The second-order valence-corrected chi connectivity index (χ2v) is 7.16. The van der Waals surface area contributed by atoms with Crippen molar-refractivity contribution in [3.63, 3.8) is 0 Å². The van der Waals surface area contributed by atoms with Crippen molar-refractivity contribution in [2.24, 2.45) is 11.7 Å². The molecule has 1 heterocycles. The van der Waals surface area contributed by atoms with Gasteiger partial charge in [-0.3, -0.25) is 4.79 Å². The highest BCUT2D eigenvalue weighted by Crippen LogP contribution is 2.25. The monoisotopic (exact) mass is 378 g/mol. The van der Waals surface area contributed by atoms with Crippen LogP contribution < -0.4 is 5.73 Å². The van der Waals surface area contributed by atoms with Crippen LogP contribution in [-0.2, 0) is 16.0 Å².